The predicted molar refractivity (Wildman–Crippen MR) is 127 cm³/mol. The highest BCUT2D eigenvalue weighted by Crippen LogP contribution is 2.20. The predicted octanol–water partition coefficient (Wildman–Crippen LogP) is 3.92. The Kier molecular flexibility index (Phi) is 6.89. The Labute approximate surface area is 183 Å². The van der Waals surface area contributed by atoms with Gasteiger partial charge in [0.25, 0.3) is 0 Å². The molecule has 0 saturated carbocycles. The molecule has 3 rings (SSSR count). The van der Waals surface area contributed by atoms with Crippen molar-refractivity contribution < 1.29 is 0 Å². The number of nitrogens with two attached hydrogens (primary N) is 1. The van der Waals surface area contributed by atoms with Crippen LogP contribution in [0.3, 0.4) is 0 Å². The lowest BCUT2D eigenvalue weighted by atomic mass is 10.2. The molecular formula is C24H29N7. The van der Waals surface area contributed by atoms with Crippen molar-refractivity contribution in [3.05, 3.63) is 96.4 Å². The highest BCUT2D eigenvalue weighted by atomic mass is 15.4. The van der Waals surface area contributed by atoms with E-state index in [1.54, 1.807) is 22.0 Å². The molecule has 0 amide bonds. The minimum Gasteiger partial charge on any atom is -0.378 e. The van der Waals surface area contributed by atoms with E-state index in [-0.39, 0.29) is 5.49 Å². The zero-order chi connectivity index (χ0) is 22.4. The summed E-state index contributed by atoms with van der Waals surface area (Å²) in [6, 6.07) is 18.0. The summed E-state index contributed by atoms with van der Waals surface area (Å²) in [6.07, 6.45) is 5.20. The molecule has 4 N–H and O–H groups in total. The van der Waals surface area contributed by atoms with Crippen LogP contribution in [0.1, 0.15) is 12.5 Å². The Balaban J connectivity index is 1.79. The summed E-state index contributed by atoms with van der Waals surface area (Å²) in [5.74, 6) is 6.61. The fourth-order valence-electron chi connectivity index (χ4n) is 3.09. The lowest BCUT2D eigenvalue weighted by Gasteiger charge is -2.18. The average molecular weight is 416 g/mol. The molecule has 31 heavy (non-hydrogen) atoms. The molecule has 3 aromatic rings. The average Bonchev–Trinajstić information content (AvgIpc) is 2.75. The Morgan fingerprint density at radius 1 is 1.19 bits per heavy atom. The molecule has 1 heterocycles. The summed E-state index contributed by atoms with van der Waals surface area (Å²) in [7, 11) is 3.97. The number of benzene rings is 2. The lowest BCUT2D eigenvalue weighted by molar-refractivity contribution is 0.384. The van der Waals surface area contributed by atoms with Gasteiger partial charge in [-0.15, -0.1) is 0 Å². The normalized spacial score (nSPS) is 11.2. The van der Waals surface area contributed by atoms with Crippen molar-refractivity contribution in [3.8, 4) is 0 Å². The van der Waals surface area contributed by atoms with Crippen molar-refractivity contribution in [2.75, 3.05) is 24.3 Å². The third-order valence-corrected chi connectivity index (χ3v) is 4.82. The van der Waals surface area contributed by atoms with Crippen LogP contribution in [0, 0.1) is 5.41 Å². The Morgan fingerprint density at radius 3 is 2.65 bits per heavy atom. The van der Waals surface area contributed by atoms with E-state index in [1.807, 2.05) is 86.7 Å². The summed E-state index contributed by atoms with van der Waals surface area (Å²) in [5, 5.41) is 13.5. The molecule has 0 aliphatic rings. The molecule has 7 heteroatoms. The quantitative estimate of drug-likeness (QED) is 0.295. The Hall–Kier alpha value is -3.84. The zero-order valence-electron chi connectivity index (χ0n) is 18.2. The molecule has 7 nitrogen and oxygen atoms in total. The van der Waals surface area contributed by atoms with Crippen LogP contribution in [0.2, 0.25) is 0 Å². The number of hydrogen-bond donors (Lipinski definition) is 3. The minimum absolute atomic E-state index is 0.210. The summed E-state index contributed by atoms with van der Waals surface area (Å²) in [4.78, 5) is 6.36. The summed E-state index contributed by atoms with van der Waals surface area (Å²) < 4.78 is 1.69. The molecule has 0 aliphatic carbocycles. The van der Waals surface area contributed by atoms with Crippen LogP contribution in [-0.2, 0) is 6.54 Å². The van der Waals surface area contributed by atoms with Gasteiger partial charge in [-0.3, -0.25) is 9.98 Å². The highest BCUT2D eigenvalue weighted by Gasteiger charge is 2.08. The number of nitrogens with zero attached hydrogens (tertiary/aromatic N) is 4. The van der Waals surface area contributed by atoms with E-state index < -0.39 is 0 Å². The van der Waals surface area contributed by atoms with Gasteiger partial charge in [0.05, 0.1) is 6.54 Å². The molecule has 0 unspecified atom stereocenters. The van der Waals surface area contributed by atoms with Crippen LogP contribution in [0.15, 0.2) is 85.3 Å². The number of allylic oxidation sites excluding steroid dienone is 2. The maximum absolute atomic E-state index is 8.61. The van der Waals surface area contributed by atoms with Gasteiger partial charge >= 0.3 is 0 Å². The van der Waals surface area contributed by atoms with Gasteiger partial charge in [0.2, 0.25) is 0 Å². The van der Waals surface area contributed by atoms with Gasteiger partial charge in [-0.25, -0.2) is 10.8 Å². The molecule has 0 bridgehead atoms. The van der Waals surface area contributed by atoms with E-state index in [0.717, 1.165) is 22.5 Å². The molecule has 0 radical (unpaired) electrons. The van der Waals surface area contributed by atoms with Gasteiger partial charge in [0, 0.05) is 49.8 Å². The van der Waals surface area contributed by atoms with Crippen LogP contribution in [0.5, 0.6) is 0 Å². The zero-order valence-corrected chi connectivity index (χ0v) is 18.2. The second-order valence-corrected chi connectivity index (χ2v) is 7.48. The maximum atomic E-state index is 8.61. The van der Waals surface area contributed by atoms with Crippen molar-refractivity contribution in [3.63, 3.8) is 0 Å². The first kappa shape index (κ1) is 21.9. The Morgan fingerprint density at radius 2 is 1.94 bits per heavy atom. The number of anilines is 3. The van der Waals surface area contributed by atoms with Gasteiger partial charge in [0.15, 0.2) is 11.3 Å². The van der Waals surface area contributed by atoms with Crippen molar-refractivity contribution in [1.82, 2.24) is 14.6 Å². The molecule has 0 fully saturated rings. The number of nitrogens with one attached hydrogen (secondary N) is 2. The van der Waals surface area contributed by atoms with E-state index in [1.165, 1.54) is 0 Å². The third kappa shape index (κ3) is 5.61. The van der Waals surface area contributed by atoms with Crippen LogP contribution < -0.4 is 21.5 Å². The standard InChI is InChI=1S/C24H29N7/c1-18(16-30(26)17-20-9-6-5-7-10-20)19(2)31-14-13-27-24(23(31)25)28-21-11-8-12-22(15-21)29(3)4/h5-16,25H,2,17,26H2,1,3-4H3,(H,27,28)/b18-16+,25-23?. The van der Waals surface area contributed by atoms with E-state index >= 15 is 0 Å². The fourth-order valence-corrected chi connectivity index (χ4v) is 3.09. The van der Waals surface area contributed by atoms with Gasteiger partial charge < -0.3 is 15.2 Å². The van der Waals surface area contributed by atoms with Gasteiger partial charge in [0.1, 0.15) is 0 Å². The molecule has 0 saturated heterocycles. The fraction of sp³-hybridized carbons (Fsp3) is 0.167. The highest BCUT2D eigenvalue weighted by molar-refractivity contribution is 5.65. The second kappa shape index (κ2) is 9.77. The van der Waals surface area contributed by atoms with Crippen LogP contribution in [-0.4, -0.2) is 28.7 Å². The first-order chi connectivity index (χ1) is 14.8. The van der Waals surface area contributed by atoms with Gasteiger partial charge in [-0.1, -0.05) is 43.0 Å². The van der Waals surface area contributed by atoms with Crippen LogP contribution in [0.4, 0.5) is 17.2 Å². The molecule has 1 aromatic heterocycles. The molecule has 0 spiro atoms. The minimum atomic E-state index is 0.210. The van der Waals surface area contributed by atoms with Gasteiger partial charge in [-0.05, 0) is 36.3 Å². The lowest BCUT2D eigenvalue weighted by Crippen LogP contribution is -2.26. The summed E-state index contributed by atoms with van der Waals surface area (Å²) in [6.45, 7) is 6.66. The number of hydrogen-bond acceptors (Lipinski definition) is 6. The molecule has 0 atom stereocenters. The van der Waals surface area contributed by atoms with Crippen molar-refractivity contribution in [1.29, 1.82) is 5.41 Å². The SMILES string of the molecule is C=C(/C(C)=C/N(N)Cc1ccccc1)n1ccnc(Nc2cccc(N(C)C)c2)c1=N. The first-order valence-corrected chi connectivity index (χ1v) is 9.95. The van der Waals surface area contributed by atoms with Gasteiger partial charge in [-0.2, -0.15) is 0 Å². The first-order valence-electron chi connectivity index (χ1n) is 9.95. The topological polar surface area (TPSA) is 86.2 Å². The van der Waals surface area contributed by atoms with Crippen LogP contribution >= 0.6 is 0 Å². The van der Waals surface area contributed by atoms with Crippen molar-refractivity contribution >= 4 is 22.9 Å². The molecule has 2 aromatic carbocycles. The van der Waals surface area contributed by atoms with E-state index in [2.05, 4.69) is 16.9 Å². The molecular weight excluding hydrogens is 386 g/mol. The Bertz CT molecular complexity index is 1130. The maximum Gasteiger partial charge on any atom is 0.173 e. The smallest absolute Gasteiger partial charge is 0.173 e. The van der Waals surface area contributed by atoms with Crippen LogP contribution in [0.25, 0.3) is 5.70 Å². The molecule has 160 valence electrons. The van der Waals surface area contributed by atoms with Crippen molar-refractivity contribution in [2.45, 2.75) is 13.5 Å². The number of rotatable bonds is 8. The van der Waals surface area contributed by atoms with Crippen molar-refractivity contribution in [2.24, 2.45) is 5.84 Å². The summed E-state index contributed by atoms with van der Waals surface area (Å²) >= 11 is 0. The van der Waals surface area contributed by atoms with E-state index in [9.17, 15) is 0 Å². The largest absolute Gasteiger partial charge is 0.378 e. The number of hydrazine groups is 1. The third-order valence-electron chi connectivity index (χ3n) is 4.82. The number of aromatic nitrogens is 2. The molecule has 0 aliphatic heterocycles. The monoisotopic (exact) mass is 415 g/mol. The summed E-state index contributed by atoms with van der Waals surface area (Å²) in [5.41, 5.74) is 4.75. The second-order valence-electron chi connectivity index (χ2n) is 7.48. The van der Waals surface area contributed by atoms with E-state index in [0.29, 0.717) is 18.1 Å². The van der Waals surface area contributed by atoms with E-state index in [4.69, 9.17) is 11.3 Å².